The van der Waals surface area contributed by atoms with Gasteiger partial charge >= 0.3 is 6.03 Å². The molecule has 0 aliphatic rings. The van der Waals surface area contributed by atoms with Crippen molar-refractivity contribution in [1.82, 2.24) is 10.6 Å². The molecular formula is C31H32N4O4S. The van der Waals surface area contributed by atoms with Gasteiger partial charge in [0, 0.05) is 24.3 Å². The second-order valence-corrected chi connectivity index (χ2v) is 11.0. The van der Waals surface area contributed by atoms with E-state index in [1.807, 2.05) is 67.6 Å². The average molecular weight is 557 g/mol. The lowest BCUT2D eigenvalue weighted by Gasteiger charge is -2.19. The zero-order valence-electron chi connectivity index (χ0n) is 22.1. The highest BCUT2D eigenvalue weighted by Gasteiger charge is 2.21. The zero-order chi connectivity index (χ0) is 28.4. The predicted molar refractivity (Wildman–Crippen MR) is 158 cm³/mol. The van der Waals surface area contributed by atoms with Crippen LogP contribution in [0.15, 0.2) is 114 Å². The first-order chi connectivity index (χ1) is 19.3. The first kappa shape index (κ1) is 28.4. The maximum absolute atomic E-state index is 13.0. The lowest BCUT2D eigenvalue weighted by atomic mass is 10.1. The summed E-state index contributed by atoms with van der Waals surface area (Å²) in [7, 11) is -3.74. The van der Waals surface area contributed by atoms with E-state index in [1.54, 1.807) is 48.5 Å². The molecule has 3 amide bonds. The molecule has 40 heavy (non-hydrogen) atoms. The quantitative estimate of drug-likeness (QED) is 0.211. The van der Waals surface area contributed by atoms with Crippen molar-refractivity contribution in [1.29, 1.82) is 0 Å². The third-order valence-electron chi connectivity index (χ3n) is 6.19. The fourth-order valence-corrected chi connectivity index (χ4v) is 5.09. The Hall–Kier alpha value is -4.63. The Morgan fingerprint density at radius 3 is 1.93 bits per heavy atom. The molecule has 0 radical (unpaired) electrons. The Bertz CT molecular complexity index is 1510. The fraction of sp³-hybridized carbons (Fsp3) is 0.161. The number of hydrogen-bond donors (Lipinski definition) is 4. The first-order valence-electron chi connectivity index (χ1n) is 12.9. The third kappa shape index (κ3) is 8.44. The van der Waals surface area contributed by atoms with Crippen molar-refractivity contribution >= 4 is 33.3 Å². The molecule has 4 aromatic rings. The number of hydrogen-bond acceptors (Lipinski definition) is 4. The SMILES string of the molecule is Cc1ccc(S(=O)(=O)Nc2ccc(NC(=O)N[C@H](Cc3ccccc3)C(=O)NCCc3ccccc3)cc2)cc1. The zero-order valence-corrected chi connectivity index (χ0v) is 22.9. The smallest absolute Gasteiger partial charge is 0.319 e. The van der Waals surface area contributed by atoms with Crippen LogP contribution in [0.3, 0.4) is 0 Å². The van der Waals surface area contributed by atoms with Crippen molar-refractivity contribution < 1.29 is 18.0 Å². The van der Waals surface area contributed by atoms with E-state index in [1.165, 1.54) is 0 Å². The summed E-state index contributed by atoms with van der Waals surface area (Å²) in [6, 6.07) is 30.8. The minimum atomic E-state index is -3.74. The molecule has 0 fully saturated rings. The molecular weight excluding hydrogens is 524 g/mol. The van der Waals surface area contributed by atoms with E-state index in [-0.39, 0.29) is 10.8 Å². The number of urea groups is 1. The molecule has 4 rings (SSSR count). The Labute approximate surface area is 234 Å². The van der Waals surface area contributed by atoms with Crippen molar-refractivity contribution in [3.05, 3.63) is 126 Å². The van der Waals surface area contributed by atoms with Gasteiger partial charge in [0.15, 0.2) is 0 Å². The van der Waals surface area contributed by atoms with Gasteiger partial charge < -0.3 is 16.0 Å². The number of amides is 3. The highest BCUT2D eigenvalue weighted by molar-refractivity contribution is 7.92. The summed E-state index contributed by atoms with van der Waals surface area (Å²) in [5.41, 5.74) is 3.78. The van der Waals surface area contributed by atoms with E-state index >= 15 is 0 Å². The van der Waals surface area contributed by atoms with Gasteiger partial charge in [-0.15, -0.1) is 0 Å². The van der Waals surface area contributed by atoms with Gasteiger partial charge in [-0.25, -0.2) is 13.2 Å². The third-order valence-corrected chi connectivity index (χ3v) is 7.58. The molecule has 4 N–H and O–H groups in total. The molecule has 0 spiro atoms. The molecule has 0 aliphatic carbocycles. The van der Waals surface area contributed by atoms with Gasteiger partial charge in [0.1, 0.15) is 6.04 Å². The second kappa shape index (κ2) is 13.4. The topological polar surface area (TPSA) is 116 Å². The maximum Gasteiger partial charge on any atom is 0.319 e. The standard InChI is InChI=1S/C31H32N4O4S/c1-23-12-18-28(19-13-23)40(38,39)35-27-16-14-26(15-17-27)33-31(37)34-29(22-25-10-6-3-7-11-25)30(36)32-21-20-24-8-4-2-5-9-24/h2-19,29,35H,20-22H2,1H3,(H,32,36)(H2,33,34,37)/t29-/m1/s1. The summed E-state index contributed by atoms with van der Waals surface area (Å²) in [4.78, 5) is 26.0. The van der Waals surface area contributed by atoms with E-state index < -0.39 is 22.1 Å². The predicted octanol–water partition coefficient (Wildman–Crippen LogP) is 4.89. The average Bonchev–Trinajstić information content (AvgIpc) is 2.95. The van der Waals surface area contributed by atoms with E-state index in [4.69, 9.17) is 0 Å². The van der Waals surface area contributed by atoms with Crippen LogP contribution >= 0.6 is 0 Å². The largest absolute Gasteiger partial charge is 0.354 e. The summed E-state index contributed by atoms with van der Waals surface area (Å²) in [5, 5.41) is 8.40. The van der Waals surface area contributed by atoms with Gasteiger partial charge in [0.05, 0.1) is 4.90 Å². The van der Waals surface area contributed by atoms with Crippen LogP contribution in [0.25, 0.3) is 0 Å². The van der Waals surface area contributed by atoms with Gasteiger partial charge in [-0.3, -0.25) is 9.52 Å². The Kier molecular flexibility index (Phi) is 9.53. The summed E-state index contributed by atoms with van der Waals surface area (Å²) in [5.74, 6) is -0.282. The molecule has 0 saturated heterocycles. The molecule has 8 nitrogen and oxygen atoms in total. The lowest BCUT2D eigenvalue weighted by molar-refractivity contribution is -0.122. The minimum absolute atomic E-state index is 0.159. The normalized spacial score (nSPS) is 11.7. The Morgan fingerprint density at radius 1 is 0.725 bits per heavy atom. The highest BCUT2D eigenvalue weighted by atomic mass is 32.2. The molecule has 0 aromatic heterocycles. The van der Waals surface area contributed by atoms with Gasteiger partial charge in [-0.2, -0.15) is 0 Å². The van der Waals surface area contributed by atoms with Gasteiger partial charge in [-0.05, 0) is 60.9 Å². The van der Waals surface area contributed by atoms with Crippen molar-refractivity contribution in [2.75, 3.05) is 16.6 Å². The molecule has 206 valence electrons. The summed E-state index contributed by atoms with van der Waals surface area (Å²) < 4.78 is 27.8. The number of nitrogens with one attached hydrogen (secondary N) is 4. The van der Waals surface area contributed by atoms with Crippen LogP contribution in [-0.2, 0) is 27.7 Å². The van der Waals surface area contributed by atoms with Crippen LogP contribution in [-0.4, -0.2) is 32.9 Å². The highest BCUT2D eigenvalue weighted by Crippen LogP contribution is 2.19. The monoisotopic (exact) mass is 556 g/mol. The fourth-order valence-electron chi connectivity index (χ4n) is 4.04. The number of sulfonamides is 1. The lowest BCUT2D eigenvalue weighted by Crippen LogP contribution is -2.49. The van der Waals surface area contributed by atoms with Crippen LogP contribution in [0.4, 0.5) is 16.2 Å². The molecule has 0 aliphatic heterocycles. The molecule has 0 heterocycles. The van der Waals surface area contributed by atoms with E-state index in [0.29, 0.717) is 30.8 Å². The van der Waals surface area contributed by atoms with Crippen LogP contribution < -0.4 is 20.7 Å². The van der Waals surface area contributed by atoms with E-state index in [0.717, 1.165) is 16.7 Å². The number of carbonyl (C=O) groups is 2. The van der Waals surface area contributed by atoms with Crippen molar-refractivity contribution in [3.63, 3.8) is 0 Å². The Balaban J connectivity index is 1.35. The van der Waals surface area contributed by atoms with Crippen molar-refractivity contribution in [2.45, 2.75) is 30.7 Å². The number of aryl methyl sites for hydroxylation is 1. The van der Waals surface area contributed by atoms with Crippen LogP contribution in [0.1, 0.15) is 16.7 Å². The maximum atomic E-state index is 13.0. The van der Waals surface area contributed by atoms with Gasteiger partial charge in [0.25, 0.3) is 10.0 Å². The van der Waals surface area contributed by atoms with Crippen LogP contribution in [0, 0.1) is 6.92 Å². The second-order valence-electron chi connectivity index (χ2n) is 9.36. The summed E-state index contributed by atoms with van der Waals surface area (Å²) in [6.45, 7) is 2.32. The summed E-state index contributed by atoms with van der Waals surface area (Å²) >= 11 is 0. The number of anilines is 2. The number of benzene rings is 4. The number of rotatable bonds is 11. The van der Waals surface area contributed by atoms with Crippen LogP contribution in [0.5, 0.6) is 0 Å². The Morgan fingerprint density at radius 2 is 1.30 bits per heavy atom. The van der Waals surface area contributed by atoms with Gasteiger partial charge in [0.2, 0.25) is 5.91 Å². The van der Waals surface area contributed by atoms with Crippen molar-refractivity contribution in [2.24, 2.45) is 0 Å². The molecule has 1 atom stereocenters. The molecule has 0 unspecified atom stereocenters. The van der Waals surface area contributed by atoms with Crippen LogP contribution in [0.2, 0.25) is 0 Å². The van der Waals surface area contributed by atoms with Gasteiger partial charge in [-0.1, -0.05) is 78.4 Å². The molecule has 9 heteroatoms. The number of carbonyl (C=O) groups excluding carboxylic acids is 2. The van der Waals surface area contributed by atoms with Crippen molar-refractivity contribution in [3.8, 4) is 0 Å². The molecule has 0 bridgehead atoms. The molecule has 0 saturated carbocycles. The van der Waals surface area contributed by atoms with E-state index in [9.17, 15) is 18.0 Å². The minimum Gasteiger partial charge on any atom is -0.354 e. The van der Waals surface area contributed by atoms with E-state index in [2.05, 4.69) is 20.7 Å². The molecule has 4 aromatic carbocycles. The first-order valence-corrected chi connectivity index (χ1v) is 14.4. The summed E-state index contributed by atoms with van der Waals surface area (Å²) in [6.07, 6.45) is 1.00.